The van der Waals surface area contributed by atoms with Gasteiger partial charge in [-0.05, 0) is 65.6 Å². The predicted octanol–water partition coefficient (Wildman–Crippen LogP) is 5.86. The van der Waals surface area contributed by atoms with Crippen LogP contribution < -0.4 is 9.47 Å². The Bertz CT molecular complexity index is 1110. The normalized spacial score (nSPS) is 10.2. The van der Waals surface area contributed by atoms with Crippen molar-refractivity contribution >= 4 is 5.78 Å². The summed E-state index contributed by atoms with van der Waals surface area (Å²) in [6, 6.07) is 21.4. The molecule has 3 rings (SSSR count). The zero-order valence-electron chi connectivity index (χ0n) is 17.2. The van der Waals surface area contributed by atoms with Crippen LogP contribution in [0.3, 0.4) is 0 Å². The maximum Gasteiger partial charge on any atom is 0.161 e. The second kappa shape index (κ2) is 10.2. The van der Waals surface area contributed by atoms with E-state index >= 15 is 0 Å². The molecule has 0 saturated carbocycles. The monoisotopic (exact) mass is 415 g/mol. The first-order valence-corrected chi connectivity index (χ1v) is 9.79. The van der Waals surface area contributed by atoms with E-state index in [2.05, 4.69) is 6.58 Å². The van der Waals surface area contributed by atoms with Crippen molar-refractivity contribution in [3.05, 3.63) is 95.8 Å². The Balaban J connectivity index is 1.55. The van der Waals surface area contributed by atoms with Gasteiger partial charge in [-0.15, -0.1) is 0 Å². The lowest BCUT2D eigenvalue weighted by molar-refractivity contribution is -0.115. The summed E-state index contributed by atoms with van der Waals surface area (Å²) in [5.41, 5.74) is 3.24. The number of hydrogen-bond acceptors (Lipinski definition) is 4. The Morgan fingerprint density at radius 3 is 2.06 bits per heavy atom. The number of halogens is 1. The summed E-state index contributed by atoms with van der Waals surface area (Å²) in [6.07, 6.45) is 0.313. The highest BCUT2D eigenvalue weighted by molar-refractivity contribution is 5.94. The lowest BCUT2D eigenvalue weighted by Crippen LogP contribution is -2.06. The molecule has 0 aliphatic carbocycles. The number of carbonyl (C=O) groups is 1. The van der Waals surface area contributed by atoms with Gasteiger partial charge in [-0.2, -0.15) is 5.26 Å². The predicted molar refractivity (Wildman–Crippen MR) is 117 cm³/mol. The first kappa shape index (κ1) is 21.8. The van der Waals surface area contributed by atoms with Crippen LogP contribution in [0.4, 0.5) is 4.39 Å². The van der Waals surface area contributed by atoms with Gasteiger partial charge in [-0.25, -0.2) is 4.39 Å². The molecule has 0 saturated heterocycles. The van der Waals surface area contributed by atoms with Gasteiger partial charge >= 0.3 is 0 Å². The molecule has 0 unspecified atom stereocenters. The number of hydrogen-bond donors (Lipinski definition) is 0. The van der Waals surface area contributed by atoms with E-state index in [0.29, 0.717) is 35.7 Å². The number of allylic oxidation sites excluding steroid dienone is 1. The summed E-state index contributed by atoms with van der Waals surface area (Å²) >= 11 is 0. The Morgan fingerprint density at radius 2 is 1.55 bits per heavy atom. The van der Waals surface area contributed by atoms with Crippen molar-refractivity contribution in [1.82, 2.24) is 0 Å². The molecule has 0 N–H and O–H groups in total. The van der Waals surface area contributed by atoms with Crippen molar-refractivity contribution in [3.63, 3.8) is 0 Å². The largest absolute Gasteiger partial charge is 0.493 e. The molecule has 4 nitrogen and oxygen atoms in total. The summed E-state index contributed by atoms with van der Waals surface area (Å²) in [4.78, 5) is 11.5. The highest BCUT2D eigenvalue weighted by atomic mass is 19.1. The van der Waals surface area contributed by atoms with E-state index in [0.717, 1.165) is 11.1 Å². The van der Waals surface area contributed by atoms with E-state index in [-0.39, 0.29) is 18.0 Å². The first-order chi connectivity index (χ1) is 15.0. The second-order valence-corrected chi connectivity index (χ2v) is 7.07. The van der Waals surface area contributed by atoms with Gasteiger partial charge in [0, 0.05) is 6.42 Å². The van der Waals surface area contributed by atoms with Crippen LogP contribution in [0, 0.1) is 17.1 Å². The van der Waals surface area contributed by atoms with Gasteiger partial charge < -0.3 is 9.47 Å². The maximum absolute atomic E-state index is 13.7. The Kier molecular flexibility index (Phi) is 7.18. The minimum atomic E-state index is -0.547. The van der Waals surface area contributed by atoms with Gasteiger partial charge in [0.15, 0.2) is 5.78 Å². The van der Waals surface area contributed by atoms with Crippen LogP contribution in [0.25, 0.3) is 11.1 Å². The van der Waals surface area contributed by atoms with E-state index in [1.54, 1.807) is 19.1 Å². The van der Waals surface area contributed by atoms with Crippen molar-refractivity contribution in [3.8, 4) is 28.7 Å². The molecule has 0 heterocycles. The van der Waals surface area contributed by atoms with E-state index < -0.39 is 5.82 Å². The van der Waals surface area contributed by atoms with Crippen molar-refractivity contribution < 1.29 is 18.7 Å². The first-order valence-electron chi connectivity index (χ1n) is 9.79. The Labute approximate surface area is 181 Å². The average molecular weight is 415 g/mol. The number of ketones is 1. The van der Waals surface area contributed by atoms with Gasteiger partial charge in [0.25, 0.3) is 0 Å². The minimum absolute atomic E-state index is 0.00301. The smallest absolute Gasteiger partial charge is 0.161 e. The highest BCUT2D eigenvalue weighted by Crippen LogP contribution is 2.25. The van der Waals surface area contributed by atoms with Crippen molar-refractivity contribution in [2.45, 2.75) is 20.0 Å². The lowest BCUT2D eigenvalue weighted by Gasteiger charge is -2.09. The summed E-state index contributed by atoms with van der Waals surface area (Å²) in [7, 11) is 0. The fourth-order valence-corrected chi connectivity index (χ4v) is 2.87. The number of carbonyl (C=O) groups excluding carboxylic acids is 1. The molecule has 31 heavy (non-hydrogen) atoms. The minimum Gasteiger partial charge on any atom is -0.493 e. The van der Waals surface area contributed by atoms with Crippen LogP contribution in [0.1, 0.15) is 24.5 Å². The third kappa shape index (κ3) is 6.03. The fraction of sp³-hybridized carbons (Fsp3) is 0.154. The molecule has 0 aliphatic heterocycles. The molecular weight excluding hydrogens is 393 g/mol. The zero-order valence-corrected chi connectivity index (χ0v) is 17.2. The highest BCUT2D eigenvalue weighted by Gasteiger charge is 2.05. The Hall–Kier alpha value is -3.91. The molecule has 0 aromatic heterocycles. The quantitative estimate of drug-likeness (QED) is 0.411. The van der Waals surface area contributed by atoms with E-state index in [1.165, 1.54) is 12.1 Å². The molecule has 0 aliphatic rings. The maximum atomic E-state index is 13.7. The number of nitriles is 1. The van der Waals surface area contributed by atoms with E-state index in [9.17, 15) is 9.18 Å². The number of benzene rings is 3. The lowest BCUT2D eigenvalue weighted by atomic mass is 10.1. The fourth-order valence-electron chi connectivity index (χ4n) is 2.87. The third-order valence-electron chi connectivity index (χ3n) is 4.68. The second-order valence-electron chi connectivity index (χ2n) is 7.07. The van der Waals surface area contributed by atoms with Crippen LogP contribution in [0.15, 0.2) is 78.9 Å². The van der Waals surface area contributed by atoms with Gasteiger partial charge in [0.2, 0.25) is 0 Å². The zero-order chi connectivity index (χ0) is 22.2. The number of rotatable bonds is 9. The molecule has 3 aromatic rings. The topological polar surface area (TPSA) is 59.3 Å². The van der Waals surface area contributed by atoms with Crippen molar-refractivity contribution in [2.75, 3.05) is 6.61 Å². The van der Waals surface area contributed by atoms with Crippen LogP contribution in [-0.2, 0) is 11.4 Å². The van der Waals surface area contributed by atoms with E-state index in [1.807, 2.05) is 48.5 Å². The molecule has 0 fully saturated rings. The SMILES string of the molecule is C=C(C)C(=O)CCOc1ccc(-c2ccc(OCc3ccc(C#N)c(F)c3)cc2)cc1. The average Bonchev–Trinajstić information content (AvgIpc) is 2.78. The molecule has 156 valence electrons. The van der Waals surface area contributed by atoms with Crippen LogP contribution in [0.2, 0.25) is 0 Å². The molecule has 0 atom stereocenters. The van der Waals surface area contributed by atoms with Crippen molar-refractivity contribution in [2.24, 2.45) is 0 Å². The molecule has 3 aromatic carbocycles. The molecule has 0 bridgehead atoms. The Morgan fingerprint density at radius 1 is 0.968 bits per heavy atom. The molecule has 0 radical (unpaired) electrons. The van der Waals surface area contributed by atoms with Gasteiger partial charge in [-0.3, -0.25) is 4.79 Å². The number of Topliss-reactive ketones (excluding diaryl/α,β-unsaturated/α-hetero) is 1. The number of nitrogens with zero attached hydrogens (tertiary/aromatic N) is 1. The van der Waals surface area contributed by atoms with Crippen molar-refractivity contribution in [1.29, 1.82) is 5.26 Å². The standard InChI is InChI=1S/C26H22FNO3/c1-18(2)26(29)13-14-30-23-9-5-20(6-10-23)21-7-11-24(12-8-21)31-17-19-3-4-22(16-28)25(27)15-19/h3-12,15H,1,13-14,17H2,2H3. The van der Waals surface area contributed by atoms with Gasteiger partial charge in [0.1, 0.15) is 30.0 Å². The van der Waals surface area contributed by atoms with Crippen LogP contribution in [0.5, 0.6) is 11.5 Å². The summed E-state index contributed by atoms with van der Waals surface area (Å²) in [6.45, 7) is 5.85. The van der Waals surface area contributed by atoms with Crippen LogP contribution in [-0.4, -0.2) is 12.4 Å². The summed E-state index contributed by atoms with van der Waals surface area (Å²) in [5, 5.41) is 8.79. The summed E-state index contributed by atoms with van der Waals surface area (Å²) in [5.74, 6) is 0.820. The molecule has 5 heteroatoms. The number of ether oxygens (including phenoxy) is 2. The third-order valence-corrected chi connectivity index (χ3v) is 4.68. The molecule has 0 spiro atoms. The van der Waals surface area contributed by atoms with Gasteiger partial charge in [0.05, 0.1) is 12.2 Å². The molecule has 0 amide bonds. The van der Waals surface area contributed by atoms with Gasteiger partial charge in [-0.1, -0.05) is 36.9 Å². The van der Waals surface area contributed by atoms with E-state index in [4.69, 9.17) is 14.7 Å². The molecular formula is C26H22FNO3. The van der Waals surface area contributed by atoms with Crippen LogP contribution >= 0.6 is 0 Å². The summed E-state index contributed by atoms with van der Waals surface area (Å²) < 4.78 is 25.0.